The fourth-order valence-corrected chi connectivity index (χ4v) is 6.47. The first-order valence-corrected chi connectivity index (χ1v) is 14.6. The Hall–Kier alpha value is -1.60. The van der Waals surface area contributed by atoms with Gasteiger partial charge in [-0.05, 0) is 63.5 Å². The fourth-order valence-electron chi connectivity index (χ4n) is 4.90. The molecule has 1 aliphatic rings. The Morgan fingerprint density at radius 3 is 1.80 bits per heavy atom. The summed E-state index contributed by atoms with van der Waals surface area (Å²) in [6.07, 6.45) is 8.25. The van der Waals surface area contributed by atoms with Crippen molar-refractivity contribution in [3.8, 4) is 0 Å². The second-order valence-corrected chi connectivity index (χ2v) is 11.5. The fraction of sp³-hybridized carbons (Fsp3) is 0.273. The smallest absolute Gasteiger partial charge is 1.00 e. The molecule has 5 nitrogen and oxygen atoms in total. The van der Waals surface area contributed by atoms with Crippen LogP contribution in [0.15, 0.2) is 77.7 Å². The van der Waals surface area contributed by atoms with Crippen molar-refractivity contribution < 1.29 is 45.0 Å². The molecule has 0 N–H and O–H groups in total. The summed E-state index contributed by atoms with van der Waals surface area (Å²) in [4.78, 5) is 0.266. The molecule has 0 saturated heterocycles. The number of rotatable bonds is 12. The number of benzene rings is 3. The number of sulfonamides is 1. The first-order valence-electron chi connectivity index (χ1n) is 13.2. The Morgan fingerprint density at radius 1 is 0.756 bits per heavy atom. The van der Waals surface area contributed by atoms with Gasteiger partial charge in [0.2, 0.25) is 0 Å². The molecule has 2 atom stereocenters. The molecule has 0 unspecified atom stereocenters. The maximum atomic E-state index is 13.8. The Kier molecular flexibility index (Phi) is 14.7. The molecule has 3 aromatic carbocycles. The number of hydrogen-bond acceptors (Lipinski definition) is 3. The molecule has 7 radical (unpaired) electrons. The zero-order chi connectivity index (χ0) is 27.8. The molecule has 1 fully saturated rings. The van der Waals surface area contributed by atoms with E-state index in [9.17, 15) is 8.42 Å². The Balaban J connectivity index is 0.00000294. The van der Waals surface area contributed by atoms with Gasteiger partial charge in [-0.1, -0.05) is 96.4 Å². The van der Waals surface area contributed by atoms with Gasteiger partial charge in [0.1, 0.15) is 10.0 Å². The van der Waals surface area contributed by atoms with Gasteiger partial charge < -0.3 is 27.2 Å². The summed E-state index contributed by atoms with van der Waals surface area (Å²) < 4.78 is 38.1. The third kappa shape index (κ3) is 9.98. The van der Waals surface area contributed by atoms with E-state index in [1.807, 2.05) is 93.6 Å². The van der Waals surface area contributed by atoms with E-state index in [0.717, 1.165) is 22.6 Å². The summed E-state index contributed by atoms with van der Waals surface area (Å²) in [6, 6.07) is 21.9. The quantitative estimate of drug-likeness (QED) is 0.209. The minimum absolute atomic E-state index is 0. The summed E-state index contributed by atoms with van der Waals surface area (Å²) in [5.74, 6) is 2.31. The molecule has 3 aromatic rings. The van der Waals surface area contributed by atoms with Crippen LogP contribution in [-0.4, -0.2) is 28.2 Å². The van der Waals surface area contributed by atoms with E-state index in [-0.39, 0.29) is 36.8 Å². The molecule has 8 heteroatoms. The standard InChI is InChI=1S/C33H36N2O3S.ClH.Ru/c1-24-15-17-28(18-16-24)23-38-20-19-34-31(29-11-7-5-8-12-29)32(30-13-9-6-10-14-30)35-39(36,37)33-26(3)21-25(2)22-27(33)4;;/h5-18,21-22,31-32H,19-20,23H2,1-4H3;1H;/q-2;;+3/p-1/t31-,32-;;/m1../s1. The second kappa shape index (κ2) is 16.9. The van der Waals surface area contributed by atoms with Crippen LogP contribution in [0.25, 0.3) is 10.0 Å². The predicted molar refractivity (Wildman–Crippen MR) is 158 cm³/mol. The summed E-state index contributed by atoms with van der Waals surface area (Å²) in [5, 5.41) is 4.97. The minimum atomic E-state index is -3.98. The van der Waals surface area contributed by atoms with Gasteiger partial charge in [0.15, 0.2) is 0 Å². The van der Waals surface area contributed by atoms with Crippen molar-refractivity contribution in [2.75, 3.05) is 19.8 Å². The maximum absolute atomic E-state index is 13.8. The largest absolute Gasteiger partial charge is 3.00 e. The van der Waals surface area contributed by atoms with Crippen LogP contribution in [0, 0.1) is 58.3 Å². The van der Waals surface area contributed by atoms with Crippen molar-refractivity contribution in [1.82, 2.24) is 0 Å². The number of hydrogen-bond donors (Lipinski definition) is 0. The van der Waals surface area contributed by atoms with Crippen LogP contribution in [0.2, 0.25) is 0 Å². The van der Waals surface area contributed by atoms with Crippen molar-refractivity contribution in [2.24, 2.45) is 0 Å². The number of nitrogens with zero attached hydrogens (tertiary/aromatic N) is 2. The summed E-state index contributed by atoms with van der Waals surface area (Å²) in [6.45, 7) is 9.00. The van der Waals surface area contributed by atoms with Gasteiger partial charge >= 0.3 is 19.5 Å². The summed E-state index contributed by atoms with van der Waals surface area (Å²) in [5.41, 5.74) is 4.11. The van der Waals surface area contributed by atoms with Crippen molar-refractivity contribution in [1.29, 1.82) is 0 Å². The van der Waals surface area contributed by atoms with Gasteiger partial charge in [0.05, 0.1) is 11.5 Å². The molecule has 0 aliphatic heterocycles. The summed E-state index contributed by atoms with van der Waals surface area (Å²) >= 11 is 0. The van der Waals surface area contributed by atoms with Crippen LogP contribution in [0.1, 0.15) is 46.8 Å². The zero-order valence-corrected chi connectivity index (χ0v) is 27.1. The van der Waals surface area contributed by atoms with E-state index in [4.69, 9.17) is 10.1 Å². The topological polar surface area (TPSA) is 71.6 Å². The molecular formula is C33H36ClN2O3RuS. The van der Waals surface area contributed by atoms with Crippen LogP contribution < -0.4 is 12.4 Å². The minimum Gasteiger partial charge on any atom is -1.00 e. The van der Waals surface area contributed by atoms with Crippen molar-refractivity contribution in [2.45, 2.75) is 44.7 Å². The third-order valence-corrected chi connectivity index (χ3v) is 8.31. The molecule has 0 aromatic heterocycles. The maximum Gasteiger partial charge on any atom is 3.00 e. The first-order chi connectivity index (χ1) is 18.7. The van der Waals surface area contributed by atoms with Crippen molar-refractivity contribution >= 4 is 10.0 Å². The molecule has 0 amide bonds. The third-order valence-electron chi connectivity index (χ3n) is 6.65. The second-order valence-electron chi connectivity index (χ2n) is 9.96. The van der Waals surface area contributed by atoms with E-state index in [1.165, 1.54) is 5.92 Å². The van der Waals surface area contributed by atoms with Gasteiger partial charge in [0.25, 0.3) is 0 Å². The zero-order valence-electron chi connectivity index (χ0n) is 23.8. The average molecular weight is 677 g/mol. The number of halogens is 1. The molecule has 217 valence electrons. The first kappa shape index (κ1) is 35.6. The van der Waals surface area contributed by atoms with E-state index in [1.54, 1.807) is 0 Å². The Bertz CT molecular complexity index is 1280. The van der Waals surface area contributed by atoms with Crippen LogP contribution in [0.4, 0.5) is 0 Å². The van der Waals surface area contributed by atoms with Crippen LogP contribution in [-0.2, 0) is 34.2 Å². The molecule has 1 aliphatic carbocycles. The Morgan fingerprint density at radius 2 is 1.27 bits per heavy atom. The molecule has 41 heavy (non-hydrogen) atoms. The molecule has 0 heterocycles. The van der Waals surface area contributed by atoms with Crippen LogP contribution in [0.3, 0.4) is 0 Å². The SMILES string of the molecule is C[C]1[CH][CH][C](COCC[N-][C@H](c2ccccc2)[C@H]([N-]S(=O)(=O)c2c(C)cc(C)cc2C)c2ccccc2)[CH][CH]1.[Cl-].[Ru+3]. The molecular weight excluding hydrogens is 641 g/mol. The summed E-state index contributed by atoms with van der Waals surface area (Å²) in [7, 11) is -3.98. The average Bonchev–Trinajstić information content (AvgIpc) is 2.91. The van der Waals surface area contributed by atoms with Crippen LogP contribution >= 0.6 is 0 Å². The molecule has 0 spiro atoms. The van der Waals surface area contributed by atoms with Gasteiger partial charge in [-0.3, -0.25) is 0 Å². The van der Waals surface area contributed by atoms with Gasteiger partial charge in [-0.2, -0.15) is 0 Å². The van der Waals surface area contributed by atoms with Gasteiger partial charge in [-0.25, -0.2) is 8.42 Å². The van der Waals surface area contributed by atoms with E-state index in [2.05, 4.69) is 37.3 Å². The Labute approximate surface area is 266 Å². The molecule has 1 saturated carbocycles. The van der Waals surface area contributed by atoms with Gasteiger partial charge in [0, 0.05) is 12.5 Å². The predicted octanol–water partition coefficient (Wildman–Crippen LogP) is 4.55. The van der Waals surface area contributed by atoms with Crippen LogP contribution in [0.5, 0.6) is 0 Å². The van der Waals surface area contributed by atoms with Gasteiger partial charge in [-0.15, -0.1) is 18.6 Å². The van der Waals surface area contributed by atoms with Crippen molar-refractivity contribution in [3.63, 3.8) is 0 Å². The monoisotopic (exact) mass is 677 g/mol. The number of ether oxygens (including phenoxy) is 1. The van der Waals surface area contributed by atoms with E-state index in [0.29, 0.717) is 30.9 Å². The van der Waals surface area contributed by atoms with E-state index < -0.39 is 22.1 Å². The number of aryl methyl sites for hydroxylation is 3. The molecule has 4 rings (SSSR count). The van der Waals surface area contributed by atoms with E-state index >= 15 is 0 Å². The van der Waals surface area contributed by atoms with Crippen molar-refractivity contribution in [3.05, 3.63) is 148 Å². The molecule has 0 bridgehead atoms. The normalized spacial score (nSPS) is 15.9.